The number of para-hydroxylation sites is 1. The van der Waals surface area contributed by atoms with E-state index in [0.717, 1.165) is 46.3 Å². The number of methoxy groups -OCH3 is 1. The highest BCUT2D eigenvalue weighted by Gasteiger charge is 2.21. The first-order valence-electron chi connectivity index (χ1n) is 11.6. The summed E-state index contributed by atoms with van der Waals surface area (Å²) in [6, 6.07) is 24.5. The van der Waals surface area contributed by atoms with E-state index in [0.29, 0.717) is 18.8 Å². The maximum atomic E-state index is 13.1. The van der Waals surface area contributed by atoms with Crippen LogP contribution in [-0.4, -0.2) is 44.1 Å². The van der Waals surface area contributed by atoms with Gasteiger partial charge in [-0.25, -0.2) is 0 Å². The van der Waals surface area contributed by atoms with Gasteiger partial charge in [-0.2, -0.15) is 0 Å². The van der Waals surface area contributed by atoms with Crippen molar-refractivity contribution in [3.63, 3.8) is 0 Å². The molecule has 0 spiro atoms. The molecule has 2 heterocycles. The number of carbonyl (C=O) groups is 1. The van der Waals surface area contributed by atoms with Gasteiger partial charge in [0.15, 0.2) is 0 Å². The molecule has 0 bridgehead atoms. The molecule has 1 fully saturated rings. The van der Waals surface area contributed by atoms with Gasteiger partial charge in [0.2, 0.25) is 5.91 Å². The monoisotopic (exact) mass is 452 g/mol. The van der Waals surface area contributed by atoms with Crippen molar-refractivity contribution >= 4 is 28.1 Å². The number of hydrogen-bond acceptors (Lipinski definition) is 4. The Morgan fingerprint density at radius 2 is 1.62 bits per heavy atom. The Morgan fingerprint density at radius 3 is 2.29 bits per heavy atom. The number of fused-ring (bicyclic) bond motifs is 1. The van der Waals surface area contributed by atoms with Gasteiger partial charge in [0.25, 0.3) is 0 Å². The highest BCUT2D eigenvalue weighted by molar-refractivity contribution is 6.00. The van der Waals surface area contributed by atoms with Crippen molar-refractivity contribution in [2.24, 2.45) is 0 Å². The molecule has 5 nitrogen and oxygen atoms in total. The summed E-state index contributed by atoms with van der Waals surface area (Å²) >= 11 is 0. The number of piperazine rings is 1. The second-order valence-corrected chi connectivity index (χ2v) is 8.54. The third kappa shape index (κ3) is 4.29. The molecule has 5 heteroatoms. The van der Waals surface area contributed by atoms with E-state index in [4.69, 9.17) is 9.15 Å². The van der Waals surface area contributed by atoms with E-state index in [1.165, 1.54) is 5.69 Å². The Morgan fingerprint density at radius 1 is 0.941 bits per heavy atom. The molecule has 1 amide bonds. The minimum absolute atomic E-state index is 0.0304. The van der Waals surface area contributed by atoms with Gasteiger partial charge < -0.3 is 19.0 Å². The number of allylic oxidation sites excluding steroid dienone is 1. The second-order valence-electron chi connectivity index (χ2n) is 8.54. The standard InChI is InChI=1S/C29H28N2O3/c1-21(17-29(32)31-15-13-30(14-16-31)23-11-7-4-8-12-23)24-18-25-26(22-9-5-3-6-10-22)20-34-28(25)19-27(24)33-2/h3-12,17-20H,13-16H2,1-2H3/b21-17+. The average molecular weight is 453 g/mol. The third-order valence-corrected chi connectivity index (χ3v) is 6.46. The van der Waals surface area contributed by atoms with Crippen LogP contribution in [0.25, 0.3) is 27.7 Å². The maximum Gasteiger partial charge on any atom is 0.246 e. The molecule has 0 aliphatic carbocycles. The molecule has 3 aromatic carbocycles. The maximum absolute atomic E-state index is 13.1. The summed E-state index contributed by atoms with van der Waals surface area (Å²) in [6.07, 6.45) is 3.50. The van der Waals surface area contributed by atoms with Crippen molar-refractivity contribution in [3.05, 3.63) is 90.7 Å². The van der Waals surface area contributed by atoms with E-state index in [2.05, 4.69) is 35.2 Å². The molecule has 34 heavy (non-hydrogen) atoms. The van der Waals surface area contributed by atoms with Gasteiger partial charge in [0, 0.05) is 60.5 Å². The first-order valence-corrected chi connectivity index (χ1v) is 11.6. The van der Waals surface area contributed by atoms with Crippen LogP contribution in [0.15, 0.2) is 89.6 Å². The highest BCUT2D eigenvalue weighted by atomic mass is 16.5. The predicted molar refractivity (Wildman–Crippen MR) is 137 cm³/mol. The van der Waals surface area contributed by atoms with Crippen molar-refractivity contribution < 1.29 is 13.9 Å². The summed E-state index contributed by atoms with van der Waals surface area (Å²) in [7, 11) is 1.64. The highest BCUT2D eigenvalue weighted by Crippen LogP contribution is 2.37. The fourth-order valence-electron chi connectivity index (χ4n) is 4.55. The first-order chi connectivity index (χ1) is 16.6. The number of amides is 1. The summed E-state index contributed by atoms with van der Waals surface area (Å²) < 4.78 is 11.5. The van der Waals surface area contributed by atoms with Crippen LogP contribution >= 0.6 is 0 Å². The van der Waals surface area contributed by atoms with Crippen LogP contribution in [-0.2, 0) is 4.79 Å². The zero-order valence-electron chi connectivity index (χ0n) is 19.5. The number of carbonyl (C=O) groups excluding carboxylic acids is 1. The van der Waals surface area contributed by atoms with E-state index in [9.17, 15) is 4.79 Å². The van der Waals surface area contributed by atoms with Gasteiger partial charge in [0.05, 0.1) is 13.4 Å². The molecule has 5 rings (SSSR count). The van der Waals surface area contributed by atoms with Crippen LogP contribution in [0.3, 0.4) is 0 Å². The van der Waals surface area contributed by atoms with Gasteiger partial charge in [-0.05, 0) is 36.3 Å². The molecule has 0 N–H and O–H groups in total. The first kappa shape index (κ1) is 21.8. The normalized spacial score (nSPS) is 14.5. The number of nitrogens with zero attached hydrogens (tertiary/aromatic N) is 2. The van der Waals surface area contributed by atoms with Gasteiger partial charge in [-0.1, -0.05) is 48.5 Å². The van der Waals surface area contributed by atoms with E-state index in [1.54, 1.807) is 19.4 Å². The van der Waals surface area contributed by atoms with E-state index in [1.807, 2.05) is 54.3 Å². The SMILES string of the molecule is COc1cc2occ(-c3ccccc3)c2cc1/C(C)=C/C(=O)N1CCN(c2ccccc2)CC1. The number of rotatable bonds is 5. The van der Waals surface area contributed by atoms with E-state index >= 15 is 0 Å². The zero-order chi connectivity index (χ0) is 23.5. The van der Waals surface area contributed by atoms with Gasteiger partial charge >= 0.3 is 0 Å². The smallest absolute Gasteiger partial charge is 0.246 e. The molecule has 0 atom stereocenters. The van der Waals surface area contributed by atoms with Crippen LogP contribution < -0.4 is 9.64 Å². The minimum Gasteiger partial charge on any atom is -0.496 e. The fourth-order valence-corrected chi connectivity index (χ4v) is 4.55. The number of anilines is 1. The molecule has 0 radical (unpaired) electrons. The van der Waals surface area contributed by atoms with Gasteiger partial charge in [-0.3, -0.25) is 4.79 Å². The zero-order valence-corrected chi connectivity index (χ0v) is 19.5. The summed E-state index contributed by atoms with van der Waals surface area (Å²) in [5.41, 5.74) is 5.84. The molecule has 4 aromatic rings. The third-order valence-electron chi connectivity index (χ3n) is 6.46. The van der Waals surface area contributed by atoms with Crippen molar-refractivity contribution in [2.75, 3.05) is 38.2 Å². The van der Waals surface area contributed by atoms with Crippen LogP contribution in [0.2, 0.25) is 0 Å². The van der Waals surface area contributed by atoms with Crippen LogP contribution in [0.1, 0.15) is 12.5 Å². The Hall–Kier alpha value is -3.99. The van der Waals surface area contributed by atoms with Crippen molar-refractivity contribution in [3.8, 4) is 16.9 Å². The van der Waals surface area contributed by atoms with Gasteiger partial charge in [0.1, 0.15) is 11.3 Å². The van der Waals surface area contributed by atoms with E-state index in [-0.39, 0.29) is 5.91 Å². The lowest BCUT2D eigenvalue weighted by Crippen LogP contribution is -2.48. The quantitative estimate of drug-likeness (QED) is 0.356. The lowest BCUT2D eigenvalue weighted by atomic mass is 9.99. The Labute approximate surface area is 199 Å². The summed E-state index contributed by atoms with van der Waals surface area (Å²) in [6.45, 7) is 5.02. The Kier molecular flexibility index (Phi) is 6.09. The minimum atomic E-state index is 0.0304. The summed E-state index contributed by atoms with van der Waals surface area (Å²) in [5.74, 6) is 0.722. The van der Waals surface area contributed by atoms with Crippen LogP contribution in [0.5, 0.6) is 5.75 Å². The number of furan rings is 1. The topological polar surface area (TPSA) is 45.9 Å². The number of hydrogen-bond donors (Lipinski definition) is 0. The Bertz CT molecular complexity index is 1320. The molecule has 1 aromatic heterocycles. The largest absolute Gasteiger partial charge is 0.496 e. The van der Waals surface area contributed by atoms with Crippen molar-refractivity contribution in [1.29, 1.82) is 0 Å². The molecule has 1 aliphatic heterocycles. The molecular formula is C29H28N2O3. The van der Waals surface area contributed by atoms with Crippen molar-refractivity contribution in [2.45, 2.75) is 6.92 Å². The van der Waals surface area contributed by atoms with Gasteiger partial charge in [-0.15, -0.1) is 0 Å². The molecular weight excluding hydrogens is 424 g/mol. The number of ether oxygens (including phenoxy) is 1. The fraction of sp³-hybridized carbons (Fsp3) is 0.207. The van der Waals surface area contributed by atoms with Crippen LogP contribution in [0.4, 0.5) is 5.69 Å². The lowest BCUT2D eigenvalue weighted by Gasteiger charge is -2.35. The summed E-state index contributed by atoms with van der Waals surface area (Å²) in [5, 5.41) is 0.999. The molecule has 0 saturated carbocycles. The second kappa shape index (κ2) is 9.48. The van der Waals surface area contributed by atoms with Crippen molar-refractivity contribution in [1.82, 2.24) is 4.90 Å². The van der Waals surface area contributed by atoms with E-state index < -0.39 is 0 Å². The average Bonchev–Trinajstić information content (AvgIpc) is 3.32. The Balaban J connectivity index is 1.38. The summed E-state index contributed by atoms with van der Waals surface area (Å²) in [4.78, 5) is 17.3. The molecule has 0 unspecified atom stereocenters. The lowest BCUT2D eigenvalue weighted by molar-refractivity contribution is -0.126. The molecule has 172 valence electrons. The molecule has 1 saturated heterocycles. The van der Waals surface area contributed by atoms with Crippen LogP contribution in [0, 0.1) is 0 Å². The number of benzene rings is 3. The molecule has 1 aliphatic rings. The predicted octanol–water partition coefficient (Wildman–Crippen LogP) is 5.86.